The highest BCUT2D eigenvalue weighted by Gasteiger charge is 2.34. The second kappa shape index (κ2) is 7.83. The molecule has 8 heteroatoms. The number of halogens is 2. The lowest BCUT2D eigenvalue weighted by Gasteiger charge is -2.24. The molecule has 0 saturated heterocycles. The molecule has 0 spiro atoms. The predicted molar refractivity (Wildman–Crippen MR) is 114 cm³/mol. The number of carbonyl (C=O) groups excluding carboxylic acids is 1. The van der Waals surface area contributed by atoms with Crippen LogP contribution in [0.15, 0.2) is 47.1 Å². The van der Waals surface area contributed by atoms with Crippen LogP contribution in [-0.4, -0.2) is 31.4 Å². The highest BCUT2D eigenvalue weighted by Crippen LogP contribution is 2.34. The van der Waals surface area contributed by atoms with Crippen molar-refractivity contribution in [2.24, 2.45) is 0 Å². The summed E-state index contributed by atoms with van der Waals surface area (Å²) in [6.45, 7) is 6.60. The normalized spacial score (nSPS) is 13.4. The summed E-state index contributed by atoms with van der Waals surface area (Å²) < 4.78 is 22.9. The molecule has 0 radical (unpaired) electrons. The third-order valence-electron chi connectivity index (χ3n) is 4.71. The van der Waals surface area contributed by atoms with Crippen molar-refractivity contribution in [1.82, 2.24) is 19.7 Å². The summed E-state index contributed by atoms with van der Waals surface area (Å²) in [6, 6.07) is 11.3. The molecule has 0 aliphatic carbocycles. The zero-order chi connectivity index (χ0) is 21.5. The Morgan fingerprint density at radius 2 is 2.03 bits per heavy atom. The standard InChI is InChI=1S/C22H22BrFN4O2/c1-22(2,3)30-21(29)27-12-17-18(13-27)26-28(11-14-6-4-7-15(23)10-14)19(17)16-8-5-9-25-20(16)24/h4-10H,11-13H2,1-3H3. The minimum atomic E-state index is -0.587. The molecule has 2 aromatic heterocycles. The Balaban J connectivity index is 1.72. The second-order valence-electron chi connectivity index (χ2n) is 8.24. The van der Waals surface area contributed by atoms with Crippen LogP contribution in [0.1, 0.15) is 37.6 Å². The smallest absolute Gasteiger partial charge is 0.410 e. The lowest BCUT2D eigenvalue weighted by Crippen LogP contribution is -2.33. The van der Waals surface area contributed by atoms with Crippen molar-refractivity contribution in [3.05, 3.63) is 69.8 Å². The van der Waals surface area contributed by atoms with Gasteiger partial charge in [0.1, 0.15) is 5.60 Å². The van der Waals surface area contributed by atoms with Crippen LogP contribution in [0.2, 0.25) is 0 Å². The minimum absolute atomic E-state index is 0.312. The van der Waals surface area contributed by atoms with Gasteiger partial charge in [-0.2, -0.15) is 9.49 Å². The summed E-state index contributed by atoms with van der Waals surface area (Å²) in [4.78, 5) is 17.9. The van der Waals surface area contributed by atoms with Crippen molar-refractivity contribution in [1.29, 1.82) is 0 Å². The molecule has 1 aromatic carbocycles. The number of hydrogen-bond acceptors (Lipinski definition) is 4. The molecule has 1 aliphatic heterocycles. The number of aromatic nitrogens is 3. The first-order valence-corrected chi connectivity index (χ1v) is 10.4. The highest BCUT2D eigenvalue weighted by atomic mass is 79.9. The summed E-state index contributed by atoms with van der Waals surface area (Å²) in [7, 11) is 0. The van der Waals surface area contributed by atoms with Gasteiger partial charge < -0.3 is 4.74 Å². The van der Waals surface area contributed by atoms with Crippen molar-refractivity contribution in [2.45, 2.75) is 46.0 Å². The fourth-order valence-corrected chi connectivity index (χ4v) is 3.96. The van der Waals surface area contributed by atoms with Crippen LogP contribution in [0.3, 0.4) is 0 Å². The molecule has 30 heavy (non-hydrogen) atoms. The molecule has 0 fully saturated rings. The van der Waals surface area contributed by atoms with Crippen molar-refractivity contribution < 1.29 is 13.9 Å². The number of pyridine rings is 1. The van der Waals surface area contributed by atoms with Gasteiger partial charge in [-0.05, 0) is 50.6 Å². The zero-order valence-electron chi connectivity index (χ0n) is 17.0. The topological polar surface area (TPSA) is 60.2 Å². The Hall–Kier alpha value is -2.74. The van der Waals surface area contributed by atoms with E-state index in [0.29, 0.717) is 30.9 Å². The number of fused-ring (bicyclic) bond motifs is 1. The van der Waals surface area contributed by atoms with Gasteiger partial charge in [0.05, 0.1) is 36.6 Å². The molecule has 3 heterocycles. The van der Waals surface area contributed by atoms with E-state index in [1.165, 1.54) is 6.20 Å². The molecule has 156 valence electrons. The Morgan fingerprint density at radius 3 is 2.73 bits per heavy atom. The second-order valence-corrected chi connectivity index (χ2v) is 9.16. The van der Waals surface area contributed by atoms with Gasteiger partial charge in [-0.15, -0.1) is 0 Å². The largest absolute Gasteiger partial charge is 0.444 e. The van der Waals surface area contributed by atoms with E-state index in [9.17, 15) is 9.18 Å². The SMILES string of the molecule is CC(C)(C)OC(=O)N1Cc2nn(Cc3cccc(Br)c3)c(-c3cccnc3F)c2C1. The first kappa shape index (κ1) is 20.5. The van der Waals surface area contributed by atoms with Gasteiger partial charge in [0.2, 0.25) is 5.95 Å². The monoisotopic (exact) mass is 472 g/mol. The third kappa shape index (κ3) is 4.23. The van der Waals surface area contributed by atoms with E-state index in [1.807, 2.05) is 45.0 Å². The maximum atomic E-state index is 14.6. The number of hydrogen-bond donors (Lipinski definition) is 0. The molecule has 6 nitrogen and oxygen atoms in total. The van der Waals surface area contributed by atoms with Gasteiger partial charge in [-0.3, -0.25) is 9.58 Å². The molecule has 0 bridgehead atoms. The number of benzene rings is 1. The summed E-state index contributed by atoms with van der Waals surface area (Å²) >= 11 is 3.48. The van der Waals surface area contributed by atoms with Crippen LogP contribution in [0.5, 0.6) is 0 Å². The maximum Gasteiger partial charge on any atom is 0.410 e. The van der Waals surface area contributed by atoms with Crippen LogP contribution in [0.25, 0.3) is 11.3 Å². The first-order valence-electron chi connectivity index (χ1n) is 9.63. The highest BCUT2D eigenvalue weighted by molar-refractivity contribution is 9.10. The Bertz CT molecular complexity index is 1110. The lowest BCUT2D eigenvalue weighted by atomic mass is 10.1. The fraction of sp³-hybridized carbons (Fsp3) is 0.318. The number of amides is 1. The molecular formula is C22H22BrFN4O2. The van der Waals surface area contributed by atoms with E-state index in [2.05, 4.69) is 20.9 Å². The van der Waals surface area contributed by atoms with Crippen molar-refractivity contribution in [3.63, 3.8) is 0 Å². The summed E-state index contributed by atoms with van der Waals surface area (Å²) in [6.07, 6.45) is 1.01. The van der Waals surface area contributed by atoms with Crippen LogP contribution in [0.4, 0.5) is 9.18 Å². The molecule has 3 aromatic rings. The molecule has 1 amide bonds. The van der Waals surface area contributed by atoms with Crippen LogP contribution < -0.4 is 0 Å². The summed E-state index contributed by atoms with van der Waals surface area (Å²) in [5.74, 6) is -0.564. The van der Waals surface area contributed by atoms with E-state index in [-0.39, 0.29) is 0 Å². The summed E-state index contributed by atoms with van der Waals surface area (Å²) in [5, 5.41) is 4.72. The van der Waals surface area contributed by atoms with E-state index < -0.39 is 17.6 Å². The molecule has 1 aliphatic rings. The number of nitrogens with zero attached hydrogens (tertiary/aromatic N) is 4. The van der Waals surface area contributed by atoms with E-state index in [0.717, 1.165) is 21.3 Å². The average Bonchev–Trinajstić information content (AvgIpc) is 3.19. The van der Waals surface area contributed by atoms with Crippen molar-refractivity contribution >= 4 is 22.0 Å². The number of ether oxygens (including phenoxy) is 1. The van der Waals surface area contributed by atoms with Gasteiger partial charge >= 0.3 is 6.09 Å². The molecule has 0 N–H and O–H groups in total. The number of carbonyl (C=O) groups is 1. The van der Waals surface area contributed by atoms with Gasteiger partial charge in [0, 0.05) is 16.2 Å². The summed E-state index contributed by atoms with van der Waals surface area (Å²) in [5.41, 5.74) is 3.02. The predicted octanol–water partition coefficient (Wildman–Crippen LogP) is 5.15. The van der Waals surface area contributed by atoms with E-state index in [1.54, 1.807) is 21.7 Å². The van der Waals surface area contributed by atoms with Gasteiger partial charge in [-0.25, -0.2) is 9.78 Å². The maximum absolute atomic E-state index is 14.6. The molecule has 0 saturated carbocycles. The molecule has 4 rings (SSSR count). The Morgan fingerprint density at radius 1 is 1.23 bits per heavy atom. The molecular weight excluding hydrogens is 451 g/mol. The van der Waals surface area contributed by atoms with Crippen LogP contribution in [0, 0.1) is 5.95 Å². The Labute approximate surface area is 182 Å². The zero-order valence-corrected chi connectivity index (χ0v) is 18.6. The van der Waals surface area contributed by atoms with Gasteiger partial charge in [0.15, 0.2) is 0 Å². The van der Waals surface area contributed by atoms with E-state index in [4.69, 9.17) is 9.84 Å². The first-order chi connectivity index (χ1) is 14.2. The quantitative estimate of drug-likeness (QED) is 0.494. The van der Waals surface area contributed by atoms with Crippen molar-refractivity contribution in [2.75, 3.05) is 0 Å². The van der Waals surface area contributed by atoms with Gasteiger partial charge in [0.25, 0.3) is 0 Å². The number of rotatable bonds is 3. The van der Waals surface area contributed by atoms with Crippen LogP contribution >= 0.6 is 15.9 Å². The lowest BCUT2D eigenvalue weighted by molar-refractivity contribution is 0.0239. The third-order valence-corrected chi connectivity index (χ3v) is 5.20. The molecule has 0 unspecified atom stereocenters. The average molecular weight is 473 g/mol. The minimum Gasteiger partial charge on any atom is -0.444 e. The van der Waals surface area contributed by atoms with Gasteiger partial charge in [-0.1, -0.05) is 28.1 Å². The molecule has 0 atom stereocenters. The van der Waals surface area contributed by atoms with Crippen molar-refractivity contribution in [3.8, 4) is 11.3 Å². The van der Waals surface area contributed by atoms with Crippen LogP contribution in [-0.2, 0) is 24.4 Å². The Kier molecular flexibility index (Phi) is 5.36. The van der Waals surface area contributed by atoms with E-state index >= 15 is 0 Å². The fourth-order valence-electron chi connectivity index (χ4n) is 3.51.